The number of para-hydroxylation sites is 1. The number of rotatable bonds is 1. The van der Waals surface area contributed by atoms with Crippen LogP contribution < -0.4 is 4.90 Å². The molecule has 4 atom stereocenters. The summed E-state index contributed by atoms with van der Waals surface area (Å²) in [5, 5.41) is 0. The molecule has 4 unspecified atom stereocenters. The van der Waals surface area contributed by atoms with Crippen LogP contribution in [-0.2, 0) is 9.59 Å². The molecule has 0 aromatic heterocycles. The Kier molecular flexibility index (Phi) is 2.06. The first-order chi connectivity index (χ1) is 9.18. The van der Waals surface area contributed by atoms with Crippen LogP contribution in [0, 0.1) is 30.6 Å². The number of hydrogen-bond donors (Lipinski definition) is 0. The summed E-state index contributed by atoms with van der Waals surface area (Å²) in [6, 6.07) is 7.61. The maximum absolute atomic E-state index is 12.6. The molecule has 0 N–H and O–H groups in total. The van der Waals surface area contributed by atoms with Crippen molar-refractivity contribution in [2.24, 2.45) is 23.7 Å². The molecule has 2 amide bonds. The third-order valence-corrected chi connectivity index (χ3v) is 4.83. The van der Waals surface area contributed by atoms with Crippen molar-refractivity contribution in [2.75, 3.05) is 4.90 Å². The van der Waals surface area contributed by atoms with E-state index in [0.29, 0.717) is 0 Å². The third-order valence-electron chi connectivity index (χ3n) is 4.83. The van der Waals surface area contributed by atoms with Crippen molar-refractivity contribution in [1.29, 1.82) is 0 Å². The first-order valence-electron chi connectivity index (χ1n) is 6.80. The minimum atomic E-state index is -0.109. The summed E-state index contributed by atoms with van der Waals surface area (Å²) < 4.78 is 0. The number of imide groups is 1. The van der Waals surface area contributed by atoms with Crippen molar-refractivity contribution < 1.29 is 9.59 Å². The van der Waals surface area contributed by atoms with Gasteiger partial charge in [0.2, 0.25) is 11.8 Å². The van der Waals surface area contributed by atoms with Gasteiger partial charge in [-0.25, -0.2) is 4.90 Å². The molecule has 1 aromatic rings. The predicted octanol–water partition coefficient (Wildman–Crippen LogP) is 2.31. The van der Waals surface area contributed by atoms with Gasteiger partial charge in [-0.1, -0.05) is 30.4 Å². The Bertz CT molecular complexity index is 589. The average Bonchev–Trinajstić information content (AvgIpc) is 3.06. The number of benzene rings is 1. The average molecular weight is 253 g/mol. The smallest absolute Gasteiger partial charge is 0.238 e. The van der Waals surface area contributed by atoms with E-state index >= 15 is 0 Å². The molecule has 0 radical (unpaired) electrons. The number of anilines is 1. The van der Waals surface area contributed by atoms with Gasteiger partial charge in [-0.05, 0) is 36.8 Å². The predicted molar refractivity (Wildman–Crippen MR) is 71.4 cm³/mol. The van der Waals surface area contributed by atoms with E-state index in [2.05, 4.69) is 12.2 Å². The number of fused-ring (bicyclic) bond motifs is 5. The summed E-state index contributed by atoms with van der Waals surface area (Å²) in [4.78, 5) is 26.6. The van der Waals surface area contributed by atoms with Gasteiger partial charge >= 0.3 is 0 Å². The number of hydrogen-bond acceptors (Lipinski definition) is 2. The van der Waals surface area contributed by atoms with Gasteiger partial charge in [0.15, 0.2) is 0 Å². The van der Waals surface area contributed by atoms with E-state index in [1.54, 1.807) is 0 Å². The van der Waals surface area contributed by atoms with Crippen LogP contribution in [0.5, 0.6) is 0 Å². The van der Waals surface area contributed by atoms with Crippen LogP contribution in [0.3, 0.4) is 0 Å². The molecular weight excluding hydrogens is 238 g/mol. The van der Waals surface area contributed by atoms with E-state index in [0.717, 1.165) is 17.7 Å². The van der Waals surface area contributed by atoms with Crippen molar-refractivity contribution in [3.63, 3.8) is 0 Å². The lowest BCUT2D eigenvalue weighted by molar-refractivity contribution is -0.123. The number of carbonyl (C=O) groups excluding carboxylic acids is 2. The van der Waals surface area contributed by atoms with Crippen molar-refractivity contribution in [2.45, 2.75) is 13.3 Å². The monoisotopic (exact) mass is 253 g/mol. The molecule has 1 saturated heterocycles. The number of aryl methyl sites for hydroxylation is 1. The largest absolute Gasteiger partial charge is 0.274 e. The third kappa shape index (κ3) is 1.28. The highest BCUT2D eigenvalue weighted by molar-refractivity contribution is 6.23. The zero-order chi connectivity index (χ0) is 13.1. The van der Waals surface area contributed by atoms with Crippen molar-refractivity contribution in [3.05, 3.63) is 42.0 Å². The Morgan fingerprint density at radius 3 is 2.16 bits per heavy atom. The van der Waals surface area contributed by atoms with Crippen LogP contribution in [0.2, 0.25) is 0 Å². The Morgan fingerprint density at radius 2 is 1.58 bits per heavy atom. The Balaban J connectivity index is 1.79. The highest BCUT2D eigenvalue weighted by Crippen LogP contribution is 2.53. The van der Waals surface area contributed by atoms with Gasteiger partial charge in [-0.15, -0.1) is 0 Å². The van der Waals surface area contributed by atoms with Gasteiger partial charge in [-0.2, -0.15) is 0 Å². The van der Waals surface area contributed by atoms with Crippen LogP contribution in [0.15, 0.2) is 36.4 Å². The van der Waals surface area contributed by atoms with Crippen LogP contribution in [0.25, 0.3) is 0 Å². The lowest BCUT2D eigenvalue weighted by Gasteiger charge is -2.19. The molecule has 3 heteroatoms. The van der Waals surface area contributed by atoms with Crippen molar-refractivity contribution in [1.82, 2.24) is 0 Å². The van der Waals surface area contributed by atoms with Crippen LogP contribution in [-0.4, -0.2) is 11.8 Å². The van der Waals surface area contributed by atoms with Gasteiger partial charge in [0.05, 0.1) is 17.5 Å². The molecule has 2 bridgehead atoms. The molecule has 1 aliphatic heterocycles. The van der Waals surface area contributed by atoms with Gasteiger partial charge in [0, 0.05) is 0 Å². The second-order valence-electron chi connectivity index (χ2n) is 5.80. The summed E-state index contributed by atoms with van der Waals surface area (Å²) in [5.74, 6) is 0.340. The molecule has 0 spiro atoms. The normalized spacial score (nSPS) is 35.3. The highest BCUT2D eigenvalue weighted by Gasteiger charge is 2.59. The van der Waals surface area contributed by atoms with Crippen LogP contribution in [0.4, 0.5) is 5.69 Å². The zero-order valence-electron chi connectivity index (χ0n) is 10.7. The Morgan fingerprint density at radius 1 is 1.00 bits per heavy atom. The van der Waals surface area contributed by atoms with Gasteiger partial charge in [0.1, 0.15) is 0 Å². The molecular formula is C16H15NO2. The summed E-state index contributed by atoms with van der Waals surface area (Å²) >= 11 is 0. The molecule has 96 valence electrons. The van der Waals surface area contributed by atoms with E-state index in [4.69, 9.17) is 0 Å². The fourth-order valence-electron chi connectivity index (χ4n) is 3.95. The second-order valence-corrected chi connectivity index (χ2v) is 5.80. The molecule has 4 rings (SSSR count). The maximum atomic E-state index is 12.6. The van der Waals surface area contributed by atoms with E-state index in [1.807, 2.05) is 31.2 Å². The Labute approximate surface area is 111 Å². The molecule has 2 fully saturated rings. The lowest BCUT2D eigenvalue weighted by atomic mass is 9.85. The molecule has 1 aromatic carbocycles. The van der Waals surface area contributed by atoms with E-state index in [1.165, 1.54) is 4.90 Å². The molecule has 1 saturated carbocycles. The van der Waals surface area contributed by atoms with E-state index < -0.39 is 0 Å². The standard InChI is InChI=1S/C16H15NO2/c1-9-4-2-3-5-12(9)17-15(18)13-10-6-7-11(8-10)14(13)16(17)19/h2-7,10-11,13-14H,8H2,1H3. The Hall–Kier alpha value is -1.90. The first kappa shape index (κ1) is 11.0. The lowest BCUT2D eigenvalue weighted by Crippen LogP contribution is -2.33. The number of amides is 2. The summed E-state index contributed by atoms with van der Waals surface area (Å²) in [6.45, 7) is 1.94. The SMILES string of the molecule is Cc1ccccc1N1C(=O)C2C3C=CC(C3)C2C1=O. The molecule has 1 heterocycles. The fourth-order valence-corrected chi connectivity index (χ4v) is 3.95. The maximum Gasteiger partial charge on any atom is 0.238 e. The minimum Gasteiger partial charge on any atom is -0.274 e. The summed E-state index contributed by atoms with van der Waals surface area (Å²) in [5.41, 5.74) is 1.73. The van der Waals surface area contributed by atoms with Crippen molar-refractivity contribution >= 4 is 17.5 Å². The van der Waals surface area contributed by atoms with Gasteiger partial charge in [-0.3, -0.25) is 9.59 Å². The fraction of sp³-hybridized carbons (Fsp3) is 0.375. The zero-order valence-corrected chi connectivity index (χ0v) is 10.7. The first-order valence-corrected chi connectivity index (χ1v) is 6.80. The van der Waals surface area contributed by atoms with E-state index in [-0.39, 0.29) is 35.5 Å². The second kappa shape index (κ2) is 3.56. The molecule has 2 aliphatic carbocycles. The van der Waals surface area contributed by atoms with Gasteiger partial charge in [0.25, 0.3) is 0 Å². The topological polar surface area (TPSA) is 37.4 Å². The van der Waals surface area contributed by atoms with Crippen molar-refractivity contribution in [3.8, 4) is 0 Å². The molecule has 3 nitrogen and oxygen atoms in total. The quantitative estimate of drug-likeness (QED) is 0.569. The number of carbonyl (C=O) groups is 2. The van der Waals surface area contributed by atoms with Crippen LogP contribution >= 0.6 is 0 Å². The number of allylic oxidation sites excluding steroid dienone is 2. The summed E-state index contributed by atoms with van der Waals surface area (Å²) in [6.07, 6.45) is 5.23. The molecule has 3 aliphatic rings. The van der Waals surface area contributed by atoms with Crippen LogP contribution in [0.1, 0.15) is 12.0 Å². The van der Waals surface area contributed by atoms with Gasteiger partial charge < -0.3 is 0 Å². The summed E-state index contributed by atoms with van der Waals surface area (Å²) in [7, 11) is 0. The highest BCUT2D eigenvalue weighted by atomic mass is 16.2. The minimum absolute atomic E-state index is 0.00106. The van der Waals surface area contributed by atoms with E-state index in [9.17, 15) is 9.59 Å². The number of nitrogens with zero attached hydrogens (tertiary/aromatic N) is 1. The molecule has 19 heavy (non-hydrogen) atoms.